The second-order valence-electron chi connectivity index (χ2n) is 8.41. The molecule has 0 unspecified atom stereocenters. The van der Waals surface area contributed by atoms with Crippen molar-refractivity contribution in [2.45, 2.75) is 51.7 Å². The minimum Gasteiger partial charge on any atom is -0.383 e. The van der Waals surface area contributed by atoms with Gasteiger partial charge in [0, 0.05) is 52.9 Å². The minimum atomic E-state index is 0.325. The molecule has 2 saturated heterocycles. The van der Waals surface area contributed by atoms with E-state index in [1.54, 1.807) is 7.11 Å². The lowest BCUT2D eigenvalue weighted by Crippen LogP contribution is -2.50. The maximum atomic E-state index is 5.67. The topological polar surface area (TPSA) is 61.4 Å². The van der Waals surface area contributed by atoms with Crippen LogP contribution in [0.25, 0.3) is 0 Å². The predicted molar refractivity (Wildman–Crippen MR) is 116 cm³/mol. The highest BCUT2D eigenvalue weighted by atomic mass is 16.5. The van der Waals surface area contributed by atoms with Gasteiger partial charge in [0.15, 0.2) is 5.96 Å². The SMILES string of the molecule is CN=C(NCC1CCN(CCOC)CC1)NC1CCN(CCOC(C)C)CC1. The molecule has 2 fully saturated rings. The molecule has 0 radical (unpaired) electrons. The van der Waals surface area contributed by atoms with Crippen LogP contribution in [0, 0.1) is 5.92 Å². The van der Waals surface area contributed by atoms with Crippen LogP contribution in [0.5, 0.6) is 0 Å². The van der Waals surface area contributed by atoms with E-state index < -0.39 is 0 Å². The largest absolute Gasteiger partial charge is 0.383 e. The Hall–Kier alpha value is -0.890. The first-order chi connectivity index (χ1) is 13.6. The van der Waals surface area contributed by atoms with Crippen LogP contribution in [0.3, 0.4) is 0 Å². The number of likely N-dealkylation sites (tertiary alicyclic amines) is 2. The average Bonchev–Trinajstić information content (AvgIpc) is 2.71. The van der Waals surface area contributed by atoms with Crippen LogP contribution in [-0.4, -0.2) is 101 Å². The fraction of sp³-hybridized carbons (Fsp3) is 0.952. The second-order valence-corrected chi connectivity index (χ2v) is 8.41. The Morgan fingerprint density at radius 1 is 1.00 bits per heavy atom. The highest BCUT2D eigenvalue weighted by Gasteiger charge is 2.21. The number of rotatable bonds is 10. The van der Waals surface area contributed by atoms with Crippen molar-refractivity contribution in [1.82, 2.24) is 20.4 Å². The number of piperidine rings is 2. The molecule has 7 heteroatoms. The first kappa shape index (κ1) is 23.4. The molecule has 0 aromatic heterocycles. The van der Waals surface area contributed by atoms with Gasteiger partial charge in [0.05, 0.1) is 19.3 Å². The van der Waals surface area contributed by atoms with Crippen molar-refractivity contribution in [2.75, 3.05) is 73.2 Å². The first-order valence-electron chi connectivity index (χ1n) is 11.1. The summed E-state index contributed by atoms with van der Waals surface area (Å²) in [5.41, 5.74) is 0. The van der Waals surface area contributed by atoms with E-state index in [0.717, 1.165) is 57.8 Å². The summed E-state index contributed by atoms with van der Waals surface area (Å²) in [6.07, 6.45) is 5.17. The monoisotopic (exact) mass is 397 g/mol. The van der Waals surface area contributed by atoms with Crippen LogP contribution < -0.4 is 10.6 Å². The van der Waals surface area contributed by atoms with Crippen LogP contribution in [-0.2, 0) is 9.47 Å². The molecule has 0 aliphatic carbocycles. The standard InChI is InChI=1S/C21H43N5O2/c1-18(2)28-16-14-26-11-7-20(8-12-26)24-21(22-3)23-17-19-5-9-25(10-6-19)13-15-27-4/h18-20H,5-17H2,1-4H3,(H2,22,23,24). The minimum absolute atomic E-state index is 0.325. The number of nitrogens with one attached hydrogen (secondary N) is 2. The van der Waals surface area contributed by atoms with Gasteiger partial charge in [-0.25, -0.2) is 0 Å². The number of guanidine groups is 1. The molecule has 0 spiro atoms. The van der Waals surface area contributed by atoms with Crippen molar-refractivity contribution < 1.29 is 9.47 Å². The highest BCUT2D eigenvalue weighted by molar-refractivity contribution is 5.79. The molecule has 2 aliphatic rings. The molecule has 0 atom stereocenters. The van der Waals surface area contributed by atoms with E-state index in [1.807, 2.05) is 7.05 Å². The molecule has 0 aromatic rings. The summed E-state index contributed by atoms with van der Waals surface area (Å²) in [4.78, 5) is 9.46. The summed E-state index contributed by atoms with van der Waals surface area (Å²) in [5, 5.41) is 7.20. The summed E-state index contributed by atoms with van der Waals surface area (Å²) in [5.74, 6) is 1.70. The van der Waals surface area contributed by atoms with E-state index in [-0.39, 0.29) is 0 Å². The molecule has 2 heterocycles. The molecule has 0 bridgehead atoms. The molecule has 0 amide bonds. The number of nitrogens with zero attached hydrogens (tertiary/aromatic N) is 3. The smallest absolute Gasteiger partial charge is 0.191 e. The maximum Gasteiger partial charge on any atom is 0.191 e. The fourth-order valence-corrected chi connectivity index (χ4v) is 3.98. The third-order valence-electron chi connectivity index (χ3n) is 5.89. The van der Waals surface area contributed by atoms with Crippen molar-refractivity contribution >= 4 is 5.96 Å². The highest BCUT2D eigenvalue weighted by Crippen LogP contribution is 2.16. The van der Waals surface area contributed by atoms with Crippen LogP contribution in [0.1, 0.15) is 39.5 Å². The lowest BCUT2D eigenvalue weighted by molar-refractivity contribution is 0.0532. The Labute approximate surface area is 172 Å². The Balaban J connectivity index is 1.58. The summed E-state index contributed by atoms with van der Waals surface area (Å²) in [6, 6.07) is 0.518. The molecular weight excluding hydrogens is 354 g/mol. The molecule has 164 valence electrons. The maximum absolute atomic E-state index is 5.67. The van der Waals surface area contributed by atoms with Crippen LogP contribution >= 0.6 is 0 Å². The molecule has 0 aromatic carbocycles. The number of aliphatic imine (C=N–C) groups is 1. The lowest BCUT2D eigenvalue weighted by atomic mass is 9.97. The van der Waals surface area contributed by atoms with Gasteiger partial charge in [-0.2, -0.15) is 0 Å². The zero-order valence-corrected chi connectivity index (χ0v) is 18.6. The molecule has 28 heavy (non-hydrogen) atoms. The Morgan fingerprint density at radius 2 is 1.61 bits per heavy atom. The Bertz CT molecular complexity index is 431. The van der Waals surface area contributed by atoms with Gasteiger partial charge in [0.25, 0.3) is 0 Å². The Morgan fingerprint density at radius 3 is 2.18 bits per heavy atom. The summed E-state index contributed by atoms with van der Waals surface area (Å²) in [6.45, 7) is 13.6. The van der Waals surface area contributed by atoms with Gasteiger partial charge in [-0.05, 0) is 58.5 Å². The number of hydrogen-bond acceptors (Lipinski definition) is 5. The van der Waals surface area contributed by atoms with E-state index in [0.29, 0.717) is 12.1 Å². The first-order valence-corrected chi connectivity index (χ1v) is 11.1. The van der Waals surface area contributed by atoms with Gasteiger partial charge in [-0.3, -0.25) is 4.99 Å². The molecular formula is C21H43N5O2. The third-order valence-corrected chi connectivity index (χ3v) is 5.89. The average molecular weight is 398 g/mol. The zero-order valence-electron chi connectivity index (χ0n) is 18.6. The van der Waals surface area contributed by atoms with Gasteiger partial charge >= 0.3 is 0 Å². The van der Waals surface area contributed by atoms with Gasteiger partial charge < -0.3 is 29.9 Å². The summed E-state index contributed by atoms with van der Waals surface area (Å²) < 4.78 is 10.9. The Kier molecular flexibility index (Phi) is 11.2. The van der Waals surface area contributed by atoms with Crippen molar-refractivity contribution in [3.8, 4) is 0 Å². The van der Waals surface area contributed by atoms with Crippen molar-refractivity contribution in [1.29, 1.82) is 0 Å². The molecule has 7 nitrogen and oxygen atoms in total. The number of hydrogen-bond donors (Lipinski definition) is 2. The van der Waals surface area contributed by atoms with Crippen molar-refractivity contribution in [3.05, 3.63) is 0 Å². The van der Waals surface area contributed by atoms with Gasteiger partial charge in [-0.1, -0.05) is 0 Å². The van der Waals surface area contributed by atoms with E-state index in [9.17, 15) is 0 Å². The quantitative estimate of drug-likeness (QED) is 0.429. The molecule has 2 rings (SSSR count). The fourth-order valence-electron chi connectivity index (χ4n) is 3.98. The van der Waals surface area contributed by atoms with Crippen LogP contribution in [0.15, 0.2) is 4.99 Å². The van der Waals surface area contributed by atoms with E-state index in [2.05, 4.69) is 39.3 Å². The van der Waals surface area contributed by atoms with E-state index in [1.165, 1.54) is 38.8 Å². The molecule has 0 saturated carbocycles. The molecule has 2 N–H and O–H groups in total. The zero-order chi connectivity index (χ0) is 20.2. The van der Waals surface area contributed by atoms with Gasteiger partial charge in [-0.15, -0.1) is 0 Å². The summed E-state index contributed by atoms with van der Waals surface area (Å²) in [7, 11) is 3.65. The second kappa shape index (κ2) is 13.4. The normalized spacial score (nSPS) is 21.4. The third kappa shape index (κ3) is 9.07. The van der Waals surface area contributed by atoms with E-state index >= 15 is 0 Å². The van der Waals surface area contributed by atoms with Crippen LogP contribution in [0.2, 0.25) is 0 Å². The molecule has 2 aliphatic heterocycles. The number of methoxy groups -OCH3 is 1. The van der Waals surface area contributed by atoms with Gasteiger partial charge in [0.2, 0.25) is 0 Å². The predicted octanol–water partition coefficient (Wildman–Crippen LogP) is 1.40. The van der Waals surface area contributed by atoms with E-state index in [4.69, 9.17) is 9.47 Å². The lowest BCUT2D eigenvalue weighted by Gasteiger charge is -2.34. The van der Waals surface area contributed by atoms with Gasteiger partial charge in [0.1, 0.15) is 0 Å². The summed E-state index contributed by atoms with van der Waals surface area (Å²) >= 11 is 0. The van der Waals surface area contributed by atoms with Crippen molar-refractivity contribution in [3.63, 3.8) is 0 Å². The van der Waals surface area contributed by atoms with Crippen molar-refractivity contribution in [2.24, 2.45) is 10.9 Å². The van der Waals surface area contributed by atoms with Crippen LogP contribution in [0.4, 0.5) is 0 Å². The number of ether oxygens (including phenoxy) is 2.